The Hall–Kier alpha value is -1.61. The summed E-state index contributed by atoms with van der Waals surface area (Å²) in [5.41, 5.74) is 10.5. The molecule has 1 heterocycles. The van der Waals surface area contributed by atoms with Crippen LogP contribution in [0.5, 0.6) is 0 Å². The van der Waals surface area contributed by atoms with Crippen LogP contribution < -0.4 is 5.73 Å². The molecule has 0 aliphatic heterocycles. The molecule has 2 rings (SSSR count). The van der Waals surface area contributed by atoms with Crippen LogP contribution in [-0.4, -0.2) is 9.78 Å². The van der Waals surface area contributed by atoms with Crippen molar-refractivity contribution in [3.05, 3.63) is 41.7 Å². The first-order valence-electron chi connectivity index (χ1n) is 5.00. The number of aromatic nitrogens is 2. The Morgan fingerprint density at radius 3 is 2.80 bits per heavy atom. The van der Waals surface area contributed by atoms with E-state index in [9.17, 15) is 0 Å². The molecule has 0 aliphatic rings. The highest BCUT2D eigenvalue weighted by atomic mass is 15.2. The van der Waals surface area contributed by atoms with Gasteiger partial charge in [0.05, 0.1) is 6.20 Å². The molecule has 0 bridgehead atoms. The Morgan fingerprint density at radius 1 is 1.40 bits per heavy atom. The van der Waals surface area contributed by atoms with Crippen molar-refractivity contribution in [1.82, 2.24) is 9.78 Å². The number of nitrogens with two attached hydrogens (primary N) is 1. The maximum atomic E-state index is 5.68. The Labute approximate surface area is 89.5 Å². The van der Waals surface area contributed by atoms with Crippen molar-refractivity contribution in [1.29, 1.82) is 0 Å². The quantitative estimate of drug-likeness (QED) is 0.806. The summed E-state index contributed by atoms with van der Waals surface area (Å²) in [7, 11) is 1.92. The lowest BCUT2D eigenvalue weighted by molar-refractivity contribution is 0.768. The van der Waals surface area contributed by atoms with E-state index < -0.39 is 0 Å². The summed E-state index contributed by atoms with van der Waals surface area (Å²) >= 11 is 0. The van der Waals surface area contributed by atoms with Gasteiger partial charge in [-0.25, -0.2) is 0 Å². The maximum Gasteiger partial charge on any atom is 0.0568 e. The minimum atomic E-state index is 0.583. The van der Waals surface area contributed by atoms with Gasteiger partial charge in [0.1, 0.15) is 0 Å². The van der Waals surface area contributed by atoms with Gasteiger partial charge in [0.15, 0.2) is 0 Å². The number of hydrogen-bond donors (Lipinski definition) is 1. The number of rotatable bonds is 2. The third-order valence-corrected chi connectivity index (χ3v) is 2.68. The molecule has 0 saturated carbocycles. The lowest BCUT2D eigenvalue weighted by atomic mass is 9.99. The summed E-state index contributed by atoms with van der Waals surface area (Å²) in [6.45, 7) is 2.68. The molecule has 1 aromatic heterocycles. The predicted octanol–water partition coefficient (Wildman–Crippen LogP) is 1.85. The van der Waals surface area contributed by atoms with Crippen LogP contribution in [0.1, 0.15) is 11.1 Å². The van der Waals surface area contributed by atoms with Crippen LogP contribution >= 0.6 is 0 Å². The second-order valence-electron chi connectivity index (χ2n) is 3.70. The van der Waals surface area contributed by atoms with Crippen molar-refractivity contribution in [2.45, 2.75) is 13.5 Å². The molecule has 15 heavy (non-hydrogen) atoms. The Balaban J connectivity index is 2.53. The zero-order valence-corrected chi connectivity index (χ0v) is 9.07. The van der Waals surface area contributed by atoms with Gasteiger partial charge in [-0.2, -0.15) is 5.10 Å². The third kappa shape index (κ3) is 1.78. The first kappa shape index (κ1) is 9.93. The monoisotopic (exact) mass is 201 g/mol. The lowest BCUT2D eigenvalue weighted by Crippen LogP contribution is -1.99. The number of hydrogen-bond acceptors (Lipinski definition) is 2. The second-order valence-corrected chi connectivity index (χ2v) is 3.70. The molecule has 2 N–H and O–H groups in total. The highest BCUT2D eigenvalue weighted by Gasteiger charge is 2.06. The van der Waals surface area contributed by atoms with Crippen LogP contribution in [0.4, 0.5) is 0 Å². The SMILES string of the molecule is Cc1c(CN)cccc1-c1cnn(C)c1. The van der Waals surface area contributed by atoms with Crippen molar-refractivity contribution in [2.75, 3.05) is 0 Å². The Morgan fingerprint density at radius 2 is 2.20 bits per heavy atom. The van der Waals surface area contributed by atoms with Gasteiger partial charge in [-0.1, -0.05) is 18.2 Å². The summed E-state index contributed by atoms with van der Waals surface area (Å²) in [4.78, 5) is 0. The first-order chi connectivity index (χ1) is 7.22. The summed E-state index contributed by atoms with van der Waals surface area (Å²) in [5.74, 6) is 0. The normalized spacial score (nSPS) is 10.6. The fourth-order valence-corrected chi connectivity index (χ4v) is 1.78. The van der Waals surface area contributed by atoms with Crippen LogP contribution in [-0.2, 0) is 13.6 Å². The molecule has 1 aromatic carbocycles. The van der Waals surface area contributed by atoms with Crippen LogP contribution in [0.3, 0.4) is 0 Å². The van der Waals surface area contributed by atoms with E-state index in [1.807, 2.05) is 30.2 Å². The predicted molar refractivity (Wildman–Crippen MR) is 61.3 cm³/mol. The van der Waals surface area contributed by atoms with E-state index >= 15 is 0 Å². The van der Waals surface area contributed by atoms with Gasteiger partial charge in [0.25, 0.3) is 0 Å². The first-order valence-corrected chi connectivity index (χ1v) is 5.00. The molecule has 0 spiro atoms. The van der Waals surface area contributed by atoms with Crippen molar-refractivity contribution >= 4 is 0 Å². The van der Waals surface area contributed by atoms with Crippen LogP contribution in [0.2, 0.25) is 0 Å². The van der Waals surface area contributed by atoms with Gasteiger partial charge < -0.3 is 5.73 Å². The van der Waals surface area contributed by atoms with Crippen molar-refractivity contribution in [3.8, 4) is 11.1 Å². The molecule has 0 aliphatic carbocycles. The third-order valence-electron chi connectivity index (χ3n) is 2.68. The molecule has 0 fully saturated rings. The number of nitrogens with zero attached hydrogens (tertiary/aromatic N) is 2. The standard InChI is InChI=1S/C12H15N3/c1-9-10(6-13)4-3-5-12(9)11-7-14-15(2)8-11/h3-5,7-8H,6,13H2,1-2H3. The Bertz CT molecular complexity index is 471. The van der Waals surface area contributed by atoms with Crippen molar-refractivity contribution < 1.29 is 0 Å². The van der Waals surface area contributed by atoms with E-state index in [1.165, 1.54) is 16.7 Å². The lowest BCUT2D eigenvalue weighted by Gasteiger charge is -2.07. The molecular weight excluding hydrogens is 186 g/mol. The molecule has 0 atom stereocenters. The summed E-state index contributed by atoms with van der Waals surface area (Å²) in [6.07, 6.45) is 3.89. The highest BCUT2D eigenvalue weighted by molar-refractivity contribution is 5.67. The largest absolute Gasteiger partial charge is 0.326 e. The fourth-order valence-electron chi connectivity index (χ4n) is 1.78. The molecule has 0 amide bonds. The second kappa shape index (κ2) is 3.87. The Kier molecular flexibility index (Phi) is 2.56. The van der Waals surface area contributed by atoms with Crippen LogP contribution in [0.25, 0.3) is 11.1 Å². The summed E-state index contributed by atoms with van der Waals surface area (Å²) in [6, 6.07) is 6.21. The molecule has 0 radical (unpaired) electrons. The minimum absolute atomic E-state index is 0.583. The topological polar surface area (TPSA) is 43.8 Å². The smallest absolute Gasteiger partial charge is 0.0568 e. The van der Waals surface area contributed by atoms with E-state index in [2.05, 4.69) is 24.2 Å². The summed E-state index contributed by atoms with van der Waals surface area (Å²) < 4.78 is 1.81. The zero-order chi connectivity index (χ0) is 10.8. The molecule has 3 nitrogen and oxygen atoms in total. The van der Waals surface area contributed by atoms with Gasteiger partial charge in [0, 0.05) is 25.4 Å². The van der Waals surface area contributed by atoms with Gasteiger partial charge >= 0.3 is 0 Å². The van der Waals surface area contributed by atoms with Gasteiger partial charge in [-0.15, -0.1) is 0 Å². The number of benzene rings is 1. The van der Waals surface area contributed by atoms with Crippen molar-refractivity contribution in [3.63, 3.8) is 0 Å². The molecule has 78 valence electrons. The number of aryl methyl sites for hydroxylation is 1. The average Bonchev–Trinajstić information content (AvgIpc) is 2.65. The fraction of sp³-hybridized carbons (Fsp3) is 0.250. The molecule has 0 saturated heterocycles. The van der Waals surface area contributed by atoms with E-state index in [0.29, 0.717) is 6.54 Å². The van der Waals surface area contributed by atoms with Gasteiger partial charge in [0.2, 0.25) is 0 Å². The van der Waals surface area contributed by atoms with E-state index in [0.717, 1.165) is 5.56 Å². The zero-order valence-electron chi connectivity index (χ0n) is 9.07. The average molecular weight is 201 g/mol. The van der Waals surface area contributed by atoms with Gasteiger partial charge in [-0.05, 0) is 23.6 Å². The highest BCUT2D eigenvalue weighted by Crippen LogP contribution is 2.24. The van der Waals surface area contributed by atoms with Crippen LogP contribution in [0, 0.1) is 6.92 Å². The van der Waals surface area contributed by atoms with Crippen LogP contribution in [0.15, 0.2) is 30.6 Å². The van der Waals surface area contributed by atoms with Crippen molar-refractivity contribution in [2.24, 2.45) is 12.8 Å². The summed E-state index contributed by atoms with van der Waals surface area (Å²) in [5, 5.41) is 4.18. The van der Waals surface area contributed by atoms with E-state index in [1.54, 1.807) is 0 Å². The van der Waals surface area contributed by atoms with E-state index in [4.69, 9.17) is 5.73 Å². The van der Waals surface area contributed by atoms with E-state index in [-0.39, 0.29) is 0 Å². The molecular formula is C12H15N3. The molecule has 2 aromatic rings. The maximum absolute atomic E-state index is 5.68. The van der Waals surface area contributed by atoms with Gasteiger partial charge in [-0.3, -0.25) is 4.68 Å². The molecule has 0 unspecified atom stereocenters. The minimum Gasteiger partial charge on any atom is -0.326 e. The molecule has 3 heteroatoms.